The molecular formula is C9H12BrN3O6. The van der Waals surface area contributed by atoms with Gasteiger partial charge in [-0.15, -0.1) is 0 Å². The standard InChI is InChI=1S/C9H12BrN3O6/c10-8(17)6(15)5(2-14)19-9(8,18)13-7(16)4-1-11-3-12-4/h1,3,5-6,14-15,17-18H,2H2,(H,11,12)(H,13,16)/t5-,6-,8+,9-/m1/s1. The molecule has 10 heteroatoms. The topological polar surface area (TPSA) is 148 Å². The summed E-state index contributed by atoms with van der Waals surface area (Å²) in [5.74, 6) is -3.43. The number of rotatable bonds is 3. The van der Waals surface area contributed by atoms with E-state index in [1.165, 1.54) is 12.5 Å². The Hall–Kier alpha value is -1.04. The fraction of sp³-hybridized carbons (Fsp3) is 0.556. The maximum Gasteiger partial charge on any atom is 0.293 e. The van der Waals surface area contributed by atoms with Gasteiger partial charge in [-0.3, -0.25) is 10.1 Å². The van der Waals surface area contributed by atoms with Gasteiger partial charge in [0.15, 0.2) is 0 Å². The molecule has 106 valence electrons. The van der Waals surface area contributed by atoms with E-state index in [1.54, 1.807) is 0 Å². The minimum atomic E-state index is -2.61. The van der Waals surface area contributed by atoms with Crippen LogP contribution < -0.4 is 5.32 Å². The molecule has 2 rings (SSSR count). The van der Waals surface area contributed by atoms with Crippen LogP contribution in [0.2, 0.25) is 0 Å². The van der Waals surface area contributed by atoms with Crippen molar-refractivity contribution in [2.75, 3.05) is 6.61 Å². The number of ether oxygens (including phenoxy) is 1. The van der Waals surface area contributed by atoms with Crippen LogP contribution in [0.15, 0.2) is 12.5 Å². The molecule has 1 aromatic heterocycles. The summed E-state index contributed by atoms with van der Waals surface area (Å²) in [6.07, 6.45) is -0.470. The van der Waals surface area contributed by atoms with E-state index < -0.39 is 35.1 Å². The van der Waals surface area contributed by atoms with Gasteiger partial charge in [0.25, 0.3) is 11.8 Å². The monoisotopic (exact) mass is 337 g/mol. The van der Waals surface area contributed by atoms with Gasteiger partial charge in [-0.2, -0.15) is 0 Å². The summed E-state index contributed by atoms with van der Waals surface area (Å²) in [6, 6.07) is 0. The van der Waals surface area contributed by atoms with E-state index in [9.17, 15) is 20.1 Å². The van der Waals surface area contributed by atoms with Gasteiger partial charge in [-0.05, 0) is 15.9 Å². The first-order valence-corrected chi connectivity index (χ1v) is 6.02. The van der Waals surface area contributed by atoms with Gasteiger partial charge < -0.3 is 30.1 Å². The van der Waals surface area contributed by atoms with Gasteiger partial charge in [-0.25, -0.2) is 4.98 Å². The van der Waals surface area contributed by atoms with E-state index in [0.29, 0.717) is 0 Å². The summed E-state index contributed by atoms with van der Waals surface area (Å²) >= 11 is 2.68. The van der Waals surface area contributed by atoms with Crippen LogP contribution in [0, 0.1) is 0 Å². The number of imidazole rings is 1. The lowest BCUT2D eigenvalue weighted by Gasteiger charge is -2.32. The number of H-pyrrole nitrogens is 1. The summed E-state index contributed by atoms with van der Waals surface area (Å²) < 4.78 is 2.51. The third-order valence-electron chi connectivity index (χ3n) is 2.75. The van der Waals surface area contributed by atoms with Crippen molar-refractivity contribution in [2.45, 2.75) is 22.6 Å². The van der Waals surface area contributed by atoms with E-state index >= 15 is 0 Å². The number of hydrogen-bond donors (Lipinski definition) is 6. The Morgan fingerprint density at radius 2 is 2.32 bits per heavy atom. The van der Waals surface area contributed by atoms with Crippen LogP contribution in [0.1, 0.15) is 10.5 Å². The molecule has 1 fully saturated rings. The first-order chi connectivity index (χ1) is 8.82. The van der Waals surface area contributed by atoms with Crippen molar-refractivity contribution in [1.82, 2.24) is 15.3 Å². The van der Waals surface area contributed by atoms with Crippen LogP contribution >= 0.6 is 15.9 Å². The molecule has 1 aliphatic rings. The quantitative estimate of drug-likeness (QED) is 0.266. The summed E-state index contributed by atoms with van der Waals surface area (Å²) in [4.78, 5) is 17.9. The lowest BCUT2D eigenvalue weighted by Crippen LogP contribution is -2.62. The molecule has 9 nitrogen and oxygen atoms in total. The second-order valence-corrected chi connectivity index (χ2v) is 5.23. The molecule has 1 amide bonds. The van der Waals surface area contributed by atoms with Gasteiger partial charge >= 0.3 is 0 Å². The van der Waals surface area contributed by atoms with Crippen molar-refractivity contribution in [2.24, 2.45) is 0 Å². The number of aliphatic hydroxyl groups excluding tert-OH is 2. The van der Waals surface area contributed by atoms with Crippen molar-refractivity contribution in [1.29, 1.82) is 0 Å². The van der Waals surface area contributed by atoms with Crippen molar-refractivity contribution in [3.63, 3.8) is 0 Å². The van der Waals surface area contributed by atoms with Crippen LogP contribution in [0.3, 0.4) is 0 Å². The first kappa shape index (κ1) is 14.4. The second kappa shape index (κ2) is 4.81. The molecule has 1 saturated heterocycles. The lowest BCUT2D eigenvalue weighted by atomic mass is 10.1. The minimum Gasteiger partial charge on any atom is -0.394 e. The SMILES string of the molecule is O=C(N[C@]1(O)O[C@H](CO)[C@@H](O)[C@@]1(O)Br)c1cnc[nH]1. The van der Waals surface area contributed by atoms with Crippen LogP contribution in [0.5, 0.6) is 0 Å². The van der Waals surface area contributed by atoms with Crippen molar-refractivity contribution >= 4 is 21.8 Å². The number of carbonyl (C=O) groups is 1. The maximum atomic E-state index is 11.8. The maximum absolute atomic E-state index is 11.8. The number of nitrogens with zero attached hydrogens (tertiary/aromatic N) is 1. The average Bonchev–Trinajstić information content (AvgIpc) is 2.92. The molecule has 1 aromatic rings. The molecule has 4 atom stereocenters. The van der Waals surface area contributed by atoms with E-state index in [4.69, 9.17) is 9.84 Å². The third kappa shape index (κ3) is 2.26. The predicted octanol–water partition coefficient (Wildman–Crippen LogP) is -2.38. The fourth-order valence-electron chi connectivity index (χ4n) is 1.67. The Balaban J connectivity index is 2.21. The van der Waals surface area contributed by atoms with Crippen LogP contribution in [0.4, 0.5) is 0 Å². The molecule has 19 heavy (non-hydrogen) atoms. The zero-order chi connectivity index (χ0) is 14.3. The lowest BCUT2D eigenvalue weighted by molar-refractivity contribution is -0.250. The van der Waals surface area contributed by atoms with Crippen LogP contribution in [-0.4, -0.2) is 65.5 Å². The molecule has 0 unspecified atom stereocenters. The number of halogens is 1. The largest absolute Gasteiger partial charge is 0.394 e. The summed E-state index contributed by atoms with van der Waals surface area (Å²) in [5.41, 5.74) is 0.0160. The number of carbonyl (C=O) groups excluding carboxylic acids is 1. The van der Waals surface area contributed by atoms with Gasteiger partial charge in [-0.1, -0.05) is 0 Å². The zero-order valence-electron chi connectivity index (χ0n) is 9.45. The number of aliphatic hydroxyl groups is 4. The van der Waals surface area contributed by atoms with E-state index in [0.717, 1.165) is 0 Å². The molecule has 0 spiro atoms. The normalized spacial score (nSPS) is 38.4. The number of aromatic nitrogens is 2. The van der Waals surface area contributed by atoms with Gasteiger partial charge in [0.05, 0.1) is 19.1 Å². The molecule has 0 radical (unpaired) electrons. The van der Waals surface area contributed by atoms with Crippen molar-refractivity contribution < 1.29 is 30.0 Å². The number of amides is 1. The molecule has 0 aromatic carbocycles. The number of nitrogens with one attached hydrogen (secondary N) is 2. The summed E-state index contributed by atoms with van der Waals surface area (Å²) in [5, 5.41) is 40.7. The highest BCUT2D eigenvalue weighted by atomic mass is 79.9. The first-order valence-electron chi connectivity index (χ1n) is 5.23. The summed E-state index contributed by atoms with van der Waals surface area (Å²) in [7, 11) is 0. The number of hydrogen-bond acceptors (Lipinski definition) is 7. The predicted molar refractivity (Wildman–Crippen MR) is 62.8 cm³/mol. The molecular weight excluding hydrogens is 326 g/mol. The Labute approximate surface area is 115 Å². The molecule has 6 N–H and O–H groups in total. The molecule has 0 aliphatic carbocycles. The Bertz CT molecular complexity index is 467. The van der Waals surface area contributed by atoms with Crippen molar-refractivity contribution in [3.05, 3.63) is 18.2 Å². The fourth-order valence-corrected chi connectivity index (χ4v) is 2.16. The molecule has 2 heterocycles. The number of alkyl halides is 1. The van der Waals surface area contributed by atoms with Gasteiger partial charge in [0, 0.05) is 0 Å². The third-order valence-corrected chi connectivity index (χ3v) is 3.75. The average molecular weight is 338 g/mol. The highest BCUT2D eigenvalue weighted by molar-refractivity contribution is 9.10. The highest BCUT2D eigenvalue weighted by Gasteiger charge is 2.65. The summed E-state index contributed by atoms with van der Waals surface area (Å²) in [6.45, 7) is -0.655. The Morgan fingerprint density at radius 1 is 1.63 bits per heavy atom. The second-order valence-electron chi connectivity index (χ2n) is 4.02. The molecule has 0 bridgehead atoms. The van der Waals surface area contributed by atoms with Gasteiger partial charge in [0.1, 0.15) is 17.9 Å². The van der Waals surface area contributed by atoms with E-state index in [2.05, 4.69) is 25.9 Å². The number of aromatic amines is 1. The van der Waals surface area contributed by atoms with Crippen LogP contribution in [0.25, 0.3) is 0 Å². The zero-order valence-corrected chi connectivity index (χ0v) is 11.0. The highest BCUT2D eigenvalue weighted by Crippen LogP contribution is 2.41. The molecule has 0 saturated carbocycles. The minimum absolute atomic E-state index is 0.0160. The Morgan fingerprint density at radius 3 is 2.79 bits per heavy atom. The van der Waals surface area contributed by atoms with E-state index in [-0.39, 0.29) is 5.69 Å². The van der Waals surface area contributed by atoms with E-state index in [1.807, 2.05) is 5.32 Å². The smallest absolute Gasteiger partial charge is 0.293 e. The van der Waals surface area contributed by atoms with Crippen LogP contribution in [-0.2, 0) is 4.74 Å². The Kier molecular flexibility index (Phi) is 3.64. The molecule has 1 aliphatic heterocycles. The van der Waals surface area contributed by atoms with Crippen molar-refractivity contribution in [3.8, 4) is 0 Å². The van der Waals surface area contributed by atoms with Gasteiger partial charge in [0.2, 0.25) is 4.51 Å².